The summed E-state index contributed by atoms with van der Waals surface area (Å²) < 4.78 is 1.82. The van der Waals surface area contributed by atoms with Crippen molar-refractivity contribution in [3.63, 3.8) is 0 Å². The Hall–Kier alpha value is -2.63. The molecule has 23 heavy (non-hydrogen) atoms. The number of aromatic nitrogens is 2. The molecular weight excluding hydrogens is 294 g/mol. The molecule has 6 heteroatoms. The minimum Gasteiger partial charge on any atom is -0.478 e. The second-order valence-electron chi connectivity index (χ2n) is 6.76. The number of carbonyl (C=O) groups excluding carboxylic acids is 1. The highest BCUT2D eigenvalue weighted by Crippen LogP contribution is 2.38. The van der Waals surface area contributed by atoms with Gasteiger partial charge in [0.1, 0.15) is 5.82 Å². The molecule has 0 spiro atoms. The van der Waals surface area contributed by atoms with Crippen LogP contribution in [0.5, 0.6) is 0 Å². The predicted octanol–water partition coefficient (Wildman–Crippen LogP) is 2.81. The number of aromatic carboxylic acids is 1. The second kappa shape index (κ2) is 5.22. The first-order valence-electron chi connectivity index (χ1n) is 7.49. The number of anilines is 1. The first kappa shape index (κ1) is 15.3. The van der Waals surface area contributed by atoms with Crippen molar-refractivity contribution in [3.05, 3.63) is 47.2 Å². The van der Waals surface area contributed by atoms with Gasteiger partial charge in [-0.25, -0.2) is 9.48 Å². The molecule has 2 aromatic rings. The Balaban J connectivity index is 2.04. The minimum atomic E-state index is -0.959. The van der Waals surface area contributed by atoms with E-state index in [1.807, 2.05) is 25.5 Å². The molecule has 120 valence electrons. The molecule has 1 atom stereocenters. The molecular formula is C17H19N3O3. The third-order valence-corrected chi connectivity index (χ3v) is 4.02. The number of carboxylic acid groups (broad SMARTS) is 1. The summed E-state index contributed by atoms with van der Waals surface area (Å²) in [5, 5.41) is 16.3. The van der Waals surface area contributed by atoms with E-state index in [0.29, 0.717) is 6.42 Å². The largest absolute Gasteiger partial charge is 0.478 e. The number of nitrogens with one attached hydrogen (secondary N) is 1. The van der Waals surface area contributed by atoms with Crippen LogP contribution < -0.4 is 5.32 Å². The molecule has 6 nitrogen and oxygen atoms in total. The topological polar surface area (TPSA) is 84.2 Å². The molecule has 0 radical (unpaired) electrons. The number of nitrogens with zero attached hydrogens (tertiary/aromatic N) is 2. The molecule has 1 aromatic carbocycles. The lowest BCUT2D eigenvalue weighted by molar-refractivity contribution is -0.116. The lowest BCUT2D eigenvalue weighted by Crippen LogP contribution is -2.30. The fourth-order valence-electron chi connectivity index (χ4n) is 2.88. The molecule has 2 N–H and O–H groups in total. The summed E-state index contributed by atoms with van der Waals surface area (Å²) >= 11 is 0. The zero-order valence-corrected chi connectivity index (χ0v) is 13.3. The quantitative estimate of drug-likeness (QED) is 0.893. The van der Waals surface area contributed by atoms with Crippen molar-refractivity contribution in [2.75, 3.05) is 5.32 Å². The van der Waals surface area contributed by atoms with Gasteiger partial charge in [-0.15, -0.1) is 0 Å². The van der Waals surface area contributed by atoms with E-state index in [1.165, 1.54) is 0 Å². The maximum atomic E-state index is 12.1. The van der Waals surface area contributed by atoms with Gasteiger partial charge >= 0.3 is 5.97 Å². The Kier molecular flexibility index (Phi) is 3.47. The Bertz CT molecular complexity index is 769. The lowest BCUT2D eigenvalue weighted by atomic mass is 9.87. The van der Waals surface area contributed by atoms with E-state index in [4.69, 9.17) is 5.11 Å². The van der Waals surface area contributed by atoms with Gasteiger partial charge in [0.2, 0.25) is 5.91 Å². The predicted molar refractivity (Wildman–Crippen MR) is 85.7 cm³/mol. The van der Waals surface area contributed by atoms with Crippen molar-refractivity contribution in [1.82, 2.24) is 9.78 Å². The zero-order chi connectivity index (χ0) is 16.8. The van der Waals surface area contributed by atoms with E-state index >= 15 is 0 Å². The summed E-state index contributed by atoms with van der Waals surface area (Å²) in [6.45, 7) is 6.08. The van der Waals surface area contributed by atoms with E-state index in [-0.39, 0.29) is 22.9 Å². The van der Waals surface area contributed by atoms with Crippen LogP contribution in [0.1, 0.15) is 54.6 Å². The van der Waals surface area contributed by atoms with Crippen LogP contribution >= 0.6 is 0 Å². The van der Waals surface area contributed by atoms with E-state index in [1.54, 1.807) is 30.5 Å². The molecule has 0 unspecified atom stereocenters. The zero-order valence-electron chi connectivity index (χ0n) is 13.3. The van der Waals surface area contributed by atoms with Gasteiger partial charge in [0, 0.05) is 17.9 Å². The lowest BCUT2D eigenvalue weighted by Gasteiger charge is -2.28. The van der Waals surface area contributed by atoms with E-state index in [2.05, 4.69) is 10.4 Å². The number of fused-ring (bicyclic) bond motifs is 1. The van der Waals surface area contributed by atoms with Gasteiger partial charge < -0.3 is 10.4 Å². The summed E-state index contributed by atoms with van der Waals surface area (Å²) in [7, 11) is 0. The summed E-state index contributed by atoms with van der Waals surface area (Å²) in [5.41, 5.74) is 1.87. The smallest absolute Gasteiger partial charge is 0.335 e. The van der Waals surface area contributed by atoms with Gasteiger partial charge in [-0.05, 0) is 38.5 Å². The third kappa shape index (κ3) is 2.72. The van der Waals surface area contributed by atoms with Crippen LogP contribution in [0, 0.1) is 0 Å². The van der Waals surface area contributed by atoms with Crippen LogP contribution in [0.2, 0.25) is 0 Å². The minimum absolute atomic E-state index is 0.0594. The maximum Gasteiger partial charge on any atom is 0.335 e. The fourth-order valence-corrected chi connectivity index (χ4v) is 2.88. The third-order valence-electron chi connectivity index (χ3n) is 4.02. The fraction of sp³-hybridized carbons (Fsp3) is 0.353. The van der Waals surface area contributed by atoms with Gasteiger partial charge in [-0.2, -0.15) is 5.10 Å². The normalized spacial score (nSPS) is 17.5. The molecule has 3 rings (SSSR count). The number of hydrogen-bond acceptors (Lipinski definition) is 3. The molecule has 1 amide bonds. The molecule has 0 saturated carbocycles. The van der Waals surface area contributed by atoms with Crippen molar-refractivity contribution >= 4 is 17.7 Å². The summed E-state index contributed by atoms with van der Waals surface area (Å²) in [5.74, 6) is -0.409. The van der Waals surface area contributed by atoms with Crippen molar-refractivity contribution in [2.24, 2.45) is 0 Å². The van der Waals surface area contributed by atoms with E-state index in [0.717, 1.165) is 16.9 Å². The highest BCUT2D eigenvalue weighted by atomic mass is 16.4. The summed E-state index contributed by atoms with van der Waals surface area (Å²) in [4.78, 5) is 23.1. The maximum absolute atomic E-state index is 12.1. The first-order valence-corrected chi connectivity index (χ1v) is 7.49. The van der Waals surface area contributed by atoms with Crippen LogP contribution in [-0.2, 0) is 10.3 Å². The highest BCUT2D eigenvalue weighted by molar-refractivity contribution is 5.94. The molecule has 0 saturated heterocycles. The average Bonchev–Trinajstić information content (AvgIpc) is 2.90. The van der Waals surface area contributed by atoms with Crippen molar-refractivity contribution in [2.45, 2.75) is 38.6 Å². The number of amides is 1. The molecule has 1 aliphatic heterocycles. The molecule has 0 aliphatic carbocycles. The van der Waals surface area contributed by atoms with Gasteiger partial charge in [-0.3, -0.25) is 4.79 Å². The molecule has 2 heterocycles. The SMILES string of the molecule is CC(C)(C)n1ncc2c1NC(=O)C[C@@H]2c1ccc(C(=O)O)cc1. The molecule has 1 aliphatic rings. The Morgan fingerprint density at radius 3 is 2.52 bits per heavy atom. The average molecular weight is 313 g/mol. The van der Waals surface area contributed by atoms with Crippen LogP contribution in [0.3, 0.4) is 0 Å². The summed E-state index contributed by atoms with van der Waals surface area (Å²) in [6.07, 6.45) is 2.12. The number of hydrogen-bond donors (Lipinski definition) is 2. The van der Waals surface area contributed by atoms with Crippen LogP contribution in [0.25, 0.3) is 0 Å². The Morgan fingerprint density at radius 2 is 1.96 bits per heavy atom. The van der Waals surface area contributed by atoms with Gasteiger partial charge in [-0.1, -0.05) is 12.1 Å². The van der Waals surface area contributed by atoms with Gasteiger partial charge in [0.25, 0.3) is 0 Å². The van der Waals surface area contributed by atoms with E-state index in [9.17, 15) is 9.59 Å². The Labute approximate surface area is 134 Å². The number of rotatable bonds is 2. The Morgan fingerprint density at radius 1 is 1.30 bits per heavy atom. The van der Waals surface area contributed by atoms with Crippen LogP contribution in [-0.4, -0.2) is 26.8 Å². The van der Waals surface area contributed by atoms with Crippen molar-refractivity contribution in [1.29, 1.82) is 0 Å². The van der Waals surface area contributed by atoms with Crippen LogP contribution in [0.4, 0.5) is 5.82 Å². The van der Waals surface area contributed by atoms with Gasteiger partial charge in [0.15, 0.2) is 0 Å². The monoisotopic (exact) mass is 313 g/mol. The molecule has 1 aromatic heterocycles. The standard InChI is InChI=1S/C17H19N3O3/c1-17(2,3)20-15-13(9-18-20)12(8-14(21)19-15)10-4-6-11(7-5-10)16(22)23/h4-7,9,12H,8H2,1-3H3,(H,19,21)(H,22,23)/t12-/m1/s1. The van der Waals surface area contributed by atoms with Crippen molar-refractivity contribution in [3.8, 4) is 0 Å². The summed E-state index contributed by atoms with van der Waals surface area (Å²) in [6, 6.07) is 6.67. The second-order valence-corrected chi connectivity index (χ2v) is 6.76. The molecule has 0 bridgehead atoms. The van der Waals surface area contributed by atoms with Crippen molar-refractivity contribution < 1.29 is 14.7 Å². The number of carboxylic acids is 1. The van der Waals surface area contributed by atoms with E-state index < -0.39 is 5.97 Å². The molecule has 0 fully saturated rings. The number of benzene rings is 1. The number of carbonyl (C=O) groups is 2. The highest BCUT2D eigenvalue weighted by Gasteiger charge is 2.32. The first-order chi connectivity index (χ1) is 10.8. The van der Waals surface area contributed by atoms with Gasteiger partial charge in [0.05, 0.1) is 17.3 Å². The van der Waals surface area contributed by atoms with Crippen LogP contribution in [0.15, 0.2) is 30.5 Å².